The zero-order valence-electron chi connectivity index (χ0n) is 10.3. The molecule has 19 heavy (non-hydrogen) atoms. The van der Waals surface area contributed by atoms with Crippen LogP contribution < -0.4 is 10.5 Å². The van der Waals surface area contributed by atoms with E-state index < -0.39 is 6.09 Å². The van der Waals surface area contributed by atoms with Crippen LogP contribution in [0.15, 0.2) is 30.6 Å². The number of carbonyl (C=O) groups is 1. The highest BCUT2D eigenvalue weighted by Gasteiger charge is 2.17. The van der Waals surface area contributed by atoms with Crippen LogP contribution in [0.2, 0.25) is 0 Å². The minimum Gasteiger partial charge on any atom is -0.497 e. The van der Waals surface area contributed by atoms with Crippen LogP contribution in [0.25, 0.3) is 0 Å². The van der Waals surface area contributed by atoms with Gasteiger partial charge in [0.1, 0.15) is 18.4 Å². The molecule has 0 aliphatic carbocycles. The summed E-state index contributed by atoms with van der Waals surface area (Å²) < 4.78 is 9.90. The SMILES string of the molecule is COc1ccc(C(COC(N)=O)n2ncnn2)cc1. The molecule has 1 aromatic heterocycles. The molecule has 1 atom stereocenters. The van der Waals surface area contributed by atoms with E-state index in [4.69, 9.17) is 15.2 Å². The van der Waals surface area contributed by atoms with Gasteiger partial charge in [0, 0.05) is 0 Å². The van der Waals surface area contributed by atoms with E-state index in [1.807, 2.05) is 12.1 Å². The number of ether oxygens (including phenoxy) is 2. The number of tetrazole rings is 1. The summed E-state index contributed by atoms with van der Waals surface area (Å²) in [7, 11) is 1.58. The summed E-state index contributed by atoms with van der Waals surface area (Å²) in [4.78, 5) is 12.1. The molecular formula is C11H13N5O3. The number of hydrogen-bond donors (Lipinski definition) is 1. The van der Waals surface area contributed by atoms with Crippen LogP contribution in [0.3, 0.4) is 0 Å². The van der Waals surface area contributed by atoms with Gasteiger partial charge in [0.05, 0.1) is 7.11 Å². The summed E-state index contributed by atoms with van der Waals surface area (Å²) in [5, 5.41) is 11.4. The van der Waals surface area contributed by atoms with Crippen LogP contribution >= 0.6 is 0 Å². The van der Waals surface area contributed by atoms with Crippen LogP contribution in [0, 0.1) is 0 Å². The highest BCUT2D eigenvalue weighted by atomic mass is 16.5. The monoisotopic (exact) mass is 263 g/mol. The molecule has 0 spiro atoms. The molecular weight excluding hydrogens is 250 g/mol. The summed E-state index contributed by atoms with van der Waals surface area (Å²) in [6.07, 6.45) is 0.458. The zero-order chi connectivity index (χ0) is 13.7. The van der Waals surface area contributed by atoms with Gasteiger partial charge in [-0.15, -0.1) is 10.2 Å². The molecule has 1 unspecified atom stereocenters. The van der Waals surface area contributed by atoms with E-state index in [-0.39, 0.29) is 12.6 Å². The van der Waals surface area contributed by atoms with Crippen LogP contribution in [0.5, 0.6) is 5.75 Å². The molecule has 8 nitrogen and oxygen atoms in total. The number of hydrogen-bond acceptors (Lipinski definition) is 6. The normalized spacial score (nSPS) is 11.8. The molecule has 0 radical (unpaired) electrons. The second-order valence-corrected chi connectivity index (χ2v) is 3.68. The molecule has 2 rings (SSSR count). The van der Waals surface area contributed by atoms with E-state index in [0.717, 1.165) is 11.3 Å². The highest BCUT2D eigenvalue weighted by molar-refractivity contribution is 5.64. The Morgan fingerprint density at radius 3 is 2.68 bits per heavy atom. The Morgan fingerprint density at radius 1 is 1.42 bits per heavy atom. The van der Waals surface area contributed by atoms with Gasteiger partial charge in [-0.2, -0.15) is 4.80 Å². The van der Waals surface area contributed by atoms with Gasteiger partial charge in [0.25, 0.3) is 0 Å². The Hall–Kier alpha value is -2.64. The average molecular weight is 263 g/mol. The lowest BCUT2D eigenvalue weighted by atomic mass is 10.1. The van der Waals surface area contributed by atoms with E-state index in [0.29, 0.717) is 0 Å². The van der Waals surface area contributed by atoms with Gasteiger partial charge in [-0.1, -0.05) is 12.1 Å². The van der Waals surface area contributed by atoms with E-state index in [9.17, 15) is 4.79 Å². The highest BCUT2D eigenvalue weighted by Crippen LogP contribution is 2.20. The number of benzene rings is 1. The minimum absolute atomic E-state index is 0.0258. The fourth-order valence-electron chi connectivity index (χ4n) is 1.60. The van der Waals surface area contributed by atoms with Crippen molar-refractivity contribution in [3.8, 4) is 5.75 Å². The molecule has 0 aliphatic rings. The Bertz CT molecular complexity index is 526. The van der Waals surface area contributed by atoms with Crippen LogP contribution in [0.1, 0.15) is 11.6 Å². The van der Waals surface area contributed by atoms with Crippen molar-refractivity contribution in [2.24, 2.45) is 5.73 Å². The molecule has 1 heterocycles. The number of rotatable bonds is 5. The van der Waals surface area contributed by atoms with Gasteiger partial charge in [0.2, 0.25) is 0 Å². The third-order valence-electron chi connectivity index (χ3n) is 2.53. The molecule has 1 aromatic carbocycles. The summed E-state index contributed by atoms with van der Waals surface area (Å²) in [6.45, 7) is 0.0258. The first kappa shape index (κ1) is 12.8. The van der Waals surface area contributed by atoms with Gasteiger partial charge in [-0.25, -0.2) is 4.79 Å². The molecule has 100 valence electrons. The molecule has 1 amide bonds. The number of nitrogens with two attached hydrogens (primary N) is 1. The Balaban J connectivity index is 2.23. The topological polar surface area (TPSA) is 105 Å². The summed E-state index contributed by atoms with van der Waals surface area (Å²) >= 11 is 0. The fraction of sp³-hybridized carbons (Fsp3) is 0.273. The maximum atomic E-state index is 10.7. The number of aromatic nitrogens is 4. The first-order chi connectivity index (χ1) is 9.20. The van der Waals surface area contributed by atoms with Gasteiger partial charge < -0.3 is 15.2 Å². The minimum atomic E-state index is -0.848. The second-order valence-electron chi connectivity index (χ2n) is 3.68. The number of primary amides is 1. The van der Waals surface area contributed by atoms with Gasteiger partial charge in [0.15, 0.2) is 6.33 Å². The Kier molecular flexibility index (Phi) is 3.91. The van der Waals surface area contributed by atoms with Crippen molar-refractivity contribution in [1.29, 1.82) is 0 Å². The summed E-state index contributed by atoms with van der Waals surface area (Å²) in [6, 6.07) is 6.86. The second kappa shape index (κ2) is 5.80. The first-order valence-corrected chi connectivity index (χ1v) is 5.49. The lowest BCUT2D eigenvalue weighted by Crippen LogP contribution is -2.24. The smallest absolute Gasteiger partial charge is 0.404 e. The maximum absolute atomic E-state index is 10.7. The van der Waals surface area contributed by atoms with Crippen LogP contribution in [0.4, 0.5) is 4.79 Å². The van der Waals surface area contributed by atoms with Crippen LogP contribution in [-0.4, -0.2) is 40.0 Å². The van der Waals surface area contributed by atoms with Crippen molar-refractivity contribution in [1.82, 2.24) is 20.2 Å². The number of amides is 1. The Morgan fingerprint density at radius 2 is 2.16 bits per heavy atom. The quantitative estimate of drug-likeness (QED) is 0.835. The predicted octanol–water partition coefficient (Wildman–Crippen LogP) is 0.366. The molecule has 0 fully saturated rings. The third kappa shape index (κ3) is 3.18. The lowest BCUT2D eigenvalue weighted by molar-refractivity contribution is 0.139. The van der Waals surface area contributed by atoms with Crippen molar-refractivity contribution >= 4 is 6.09 Å². The van der Waals surface area contributed by atoms with Crippen molar-refractivity contribution in [3.63, 3.8) is 0 Å². The maximum Gasteiger partial charge on any atom is 0.404 e. The molecule has 2 N–H and O–H groups in total. The molecule has 0 saturated carbocycles. The largest absolute Gasteiger partial charge is 0.497 e. The van der Waals surface area contributed by atoms with E-state index in [1.54, 1.807) is 19.2 Å². The zero-order valence-corrected chi connectivity index (χ0v) is 10.3. The van der Waals surface area contributed by atoms with Crippen molar-refractivity contribution in [3.05, 3.63) is 36.2 Å². The van der Waals surface area contributed by atoms with Gasteiger partial charge >= 0.3 is 6.09 Å². The number of methoxy groups -OCH3 is 1. The predicted molar refractivity (Wildman–Crippen MR) is 64.5 cm³/mol. The molecule has 2 aromatic rings. The third-order valence-corrected chi connectivity index (χ3v) is 2.53. The average Bonchev–Trinajstić information content (AvgIpc) is 2.93. The number of carbonyl (C=O) groups excluding carboxylic acids is 1. The molecule has 0 aliphatic heterocycles. The van der Waals surface area contributed by atoms with Crippen molar-refractivity contribution < 1.29 is 14.3 Å². The van der Waals surface area contributed by atoms with E-state index in [1.165, 1.54) is 11.1 Å². The number of nitrogens with zero attached hydrogens (tertiary/aromatic N) is 4. The fourth-order valence-corrected chi connectivity index (χ4v) is 1.60. The first-order valence-electron chi connectivity index (χ1n) is 5.49. The lowest BCUT2D eigenvalue weighted by Gasteiger charge is -2.15. The summed E-state index contributed by atoms with van der Waals surface area (Å²) in [5.74, 6) is 0.727. The van der Waals surface area contributed by atoms with Gasteiger partial charge in [-0.3, -0.25) is 0 Å². The van der Waals surface area contributed by atoms with E-state index in [2.05, 4.69) is 15.4 Å². The standard InChI is InChI=1S/C11H13N5O3/c1-18-9-4-2-8(3-5-9)10(6-19-11(12)17)16-14-7-13-15-16/h2-5,7,10H,6H2,1H3,(H2,12,17). The Labute approximate surface area is 109 Å². The van der Waals surface area contributed by atoms with Crippen molar-refractivity contribution in [2.75, 3.05) is 13.7 Å². The van der Waals surface area contributed by atoms with E-state index >= 15 is 0 Å². The molecule has 0 bridgehead atoms. The molecule has 8 heteroatoms. The van der Waals surface area contributed by atoms with Crippen molar-refractivity contribution in [2.45, 2.75) is 6.04 Å². The van der Waals surface area contributed by atoms with Crippen LogP contribution in [-0.2, 0) is 4.74 Å². The van der Waals surface area contributed by atoms with Gasteiger partial charge in [-0.05, 0) is 22.9 Å². The summed E-state index contributed by atoms with van der Waals surface area (Å²) in [5.41, 5.74) is 5.82. The molecule has 0 saturated heterocycles.